The van der Waals surface area contributed by atoms with Gasteiger partial charge in [-0.25, -0.2) is 0 Å². The summed E-state index contributed by atoms with van der Waals surface area (Å²) in [6.07, 6.45) is 8.11. The van der Waals surface area contributed by atoms with Gasteiger partial charge in [0.25, 0.3) is 0 Å². The number of hydrogen-bond donors (Lipinski definition) is 1. The predicted octanol–water partition coefficient (Wildman–Crippen LogP) is 4.21. The van der Waals surface area contributed by atoms with E-state index in [1.807, 2.05) is 25.1 Å². The molecule has 0 atom stereocenters. The van der Waals surface area contributed by atoms with Crippen LogP contribution in [0.2, 0.25) is 0 Å². The van der Waals surface area contributed by atoms with E-state index < -0.39 is 0 Å². The summed E-state index contributed by atoms with van der Waals surface area (Å²) in [5.41, 5.74) is 7.31. The molecule has 1 aromatic carbocycles. The fourth-order valence-electron chi connectivity index (χ4n) is 2.10. The van der Waals surface area contributed by atoms with Crippen molar-refractivity contribution in [3.8, 4) is 0 Å². The first-order valence-corrected chi connectivity index (χ1v) is 5.93. The van der Waals surface area contributed by atoms with Gasteiger partial charge in [0.15, 0.2) is 0 Å². The average Bonchev–Trinajstić information content (AvgIpc) is 2.96. The maximum absolute atomic E-state index is 7.16. The fourth-order valence-corrected chi connectivity index (χ4v) is 2.10. The third-order valence-electron chi connectivity index (χ3n) is 3.15. The standard InChI is InChI=1S/C16H13NO/c1-11(10-17)5-6-12-7-8-16-14(9-12)13-3-2-4-15(13)18-16/h3-5,7-10,17H,6H2,1H3/b11-5-,17-10?. The number of nitrogens with one attached hydrogen (secondary N) is 1. The van der Waals surface area contributed by atoms with E-state index >= 15 is 0 Å². The molecule has 1 aliphatic rings. The van der Waals surface area contributed by atoms with Gasteiger partial charge in [0, 0.05) is 23.2 Å². The van der Waals surface area contributed by atoms with Crippen LogP contribution in [0.25, 0.3) is 23.1 Å². The summed E-state index contributed by atoms with van der Waals surface area (Å²) < 4.78 is 5.71. The van der Waals surface area contributed by atoms with E-state index in [1.54, 1.807) is 0 Å². The number of allylic oxidation sites excluding steroid dienone is 2. The van der Waals surface area contributed by atoms with Gasteiger partial charge in [-0.1, -0.05) is 12.1 Å². The molecule has 0 saturated heterocycles. The van der Waals surface area contributed by atoms with Crippen LogP contribution in [-0.2, 0) is 6.42 Å². The third-order valence-corrected chi connectivity index (χ3v) is 3.15. The first kappa shape index (κ1) is 10.8. The van der Waals surface area contributed by atoms with Gasteiger partial charge in [0.1, 0.15) is 11.3 Å². The van der Waals surface area contributed by atoms with Crippen LogP contribution >= 0.6 is 0 Å². The van der Waals surface area contributed by atoms with Gasteiger partial charge in [-0.3, -0.25) is 0 Å². The highest BCUT2D eigenvalue weighted by Crippen LogP contribution is 2.31. The topological polar surface area (TPSA) is 37.0 Å². The minimum absolute atomic E-state index is 0.842. The monoisotopic (exact) mass is 235 g/mol. The van der Waals surface area contributed by atoms with E-state index in [-0.39, 0.29) is 0 Å². The average molecular weight is 235 g/mol. The lowest BCUT2D eigenvalue weighted by Crippen LogP contribution is -1.84. The van der Waals surface area contributed by atoms with Gasteiger partial charge in [0.05, 0.1) is 0 Å². The maximum atomic E-state index is 7.16. The van der Waals surface area contributed by atoms with Gasteiger partial charge < -0.3 is 9.83 Å². The number of rotatable bonds is 3. The fraction of sp³-hybridized carbons (Fsp3) is 0.125. The van der Waals surface area contributed by atoms with Crippen LogP contribution in [0.4, 0.5) is 0 Å². The molecule has 0 amide bonds. The van der Waals surface area contributed by atoms with E-state index in [0.29, 0.717) is 0 Å². The lowest BCUT2D eigenvalue weighted by molar-refractivity contribution is 0.604. The lowest BCUT2D eigenvalue weighted by atomic mass is 10.1. The van der Waals surface area contributed by atoms with Crippen molar-refractivity contribution in [1.29, 1.82) is 5.41 Å². The van der Waals surface area contributed by atoms with Crippen molar-refractivity contribution >= 4 is 29.3 Å². The van der Waals surface area contributed by atoms with Crippen LogP contribution in [0.3, 0.4) is 0 Å². The number of fused-ring (bicyclic) bond motifs is 3. The molecule has 1 aliphatic carbocycles. The van der Waals surface area contributed by atoms with Crippen molar-refractivity contribution < 1.29 is 4.42 Å². The van der Waals surface area contributed by atoms with E-state index in [2.05, 4.69) is 23.9 Å². The lowest BCUT2D eigenvalue weighted by Gasteiger charge is -1.98. The van der Waals surface area contributed by atoms with Crippen molar-refractivity contribution in [1.82, 2.24) is 0 Å². The van der Waals surface area contributed by atoms with Crippen molar-refractivity contribution in [2.45, 2.75) is 13.3 Å². The third kappa shape index (κ3) is 1.73. The van der Waals surface area contributed by atoms with Gasteiger partial charge in [-0.05, 0) is 42.7 Å². The molecule has 0 unspecified atom stereocenters. The van der Waals surface area contributed by atoms with E-state index in [9.17, 15) is 0 Å². The molecule has 1 N–H and O–H groups in total. The number of benzene rings is 1. The SMILES string of the molecule is C/C(C=N)=C/Cc1ccc2oc3c(c2c1)C=C=C3. The van der Waals surface area contributed by atoms with Crippen LogP contribution in [-0.4, -0.2) is 6.21 Å². The van der Waals surface area contributed by atoms with Crippen LogP contribution in [0, 0.1) is 5.41 Å². The highest BCUT2D eigenvalue weighted by molar-refractivity contribution is 5.93. The maximum Gasteiger partial charge on any atom is 0.143 e. The summed E-state index contributed by atoms with van der Waals surface area (Å²) in [5.74, 6) is 0.897. The highest BCUT2D eigenvalue weighted by Gasteiger charge is 2.12. The Morgan fingerprint density at radius 3 is 3.11 bits per heavy atom. The van der Waals surface area contributed by atoms with Crippen LogP contribution in [0.1, 0.15) is 23.8 Å². The largest absolute Gasteiger partial charge is 0.455 e. The summed E-state index contributed by atoms with van der Waals surface area (Å²) in [6.45, 7) is 1.94. The zero-order valence-electron chi connectivity index (χ0n) is 10.2. The number of hydrogen-bond acceptors (Lipinski definition) is 2. The molecule has 3 rings (SSSR count). The molecule has 0 fully saturated rings. The smallest absolute Gasteiger partial charge is 0.143 e. The second-order valence-corrected chi connectivity index (χ2v) is 4.46. The highest BCUT2D eigenvalue weighted by atomic mass is 16.3. The summed E-state index contributed by atoms with van der Waals surface area (Å²) >= 11 is 0. The van der Waals surface area contributed by atoms with Crippen molar-refractivity contribution in [3.05, 3.63) is 52.5 Å². The predicted molar refractivity (Wildman–Crippen MR) is 74.9 cm³/mol. The number of furan rings is 1. The molecule has 0 saturated carbocycles. The molecule has 1 heterocycles. The molecule has 2 nitrogen and oxygen atoms in total. The van der Waals surface area contributed by atoms with E-state index in [1.165, 1.54) is 11.8 Å². The zero-order valence-corrected chi connectivity index (χ0v) is 10.2. The summed E-state index contributed by atoms with van der Waals surface area (Å²) in [5, 5.41) is 8.30. The molecule has 0 aliphatic heterocycles. The first-order chi connectivity index (χ1) is 8.78. The Kier molecular flexibility index (Phi) is 2.51. The summed E-state index contributed by atoms with van der Waals surface area (Å²) in [7, 11) is 0. The normalized spacial score (nSPS) is 13.3. The minimum Gasteiger partial charge on any atom is -0.455 e. The van der Waals surface area contributed by atoms with Crippen molar-refractivity contribution in [3.63, 3.8) is 0 Å². The van der Waals surface area contributed by atoms with Crippen molar-refractivity contribution in [2.24, 2.45) is 0 Å². The van der Waals surface area contributed by atoms with Gasteiger partial charge in [0.2, 0.25) is 0 Å². The molecule has 2 heteroatoms. The van der Waals surface area contributed by atoms with Crippen LogP contribution in [0.15, 0.2) is 40.0 Å². The Balaban J connectivity index is 2.01. The molecule has 88 valence electrons. The first-order valence-electron chi connectivity index (χ1n) is 5.93. The molecule has 0 spiro atoms. The van der Waals surface area contributed by atoms with Gasteiger partial charge >= 0.3 is 0 Å². The molecule has 1 aromatic heterocycles. The molecular formula is C16H13NO. The van der Waals surface area contributed by atoms with Crippen molar-refractivity contribution in [2.75, 3.05) is 0 Å². The quantitative estimate of drug-likeness (QED) is 0.536. The Bertz CT molecular complexity index is 725. The Labute approximate surface area is 105 Å². The minimum atomic E-state index is 0.842. The zero-order chi connectivity index (χ0) is 12.5. The second kappa shape index (κ2) is 4.17. The molecule has 0 radical (unpaired) electrons. The Hall–Kier alpha value is -2.31. The van der Waals surface area contributed by atoms with E-state index in [0.717, 1.165) is 34.3 Å². The molecule has 2 aromatic rings. The van der Waals surface area contributed by atoms with Gasteiger partial charge in [-0.15, -0.1) is 5.73 Å². The molecular weight excluding hydrogens is 222 g/mol. The second-order valence-electron chi connectivity index (χ2n) is 4.46. The Morgan fingerprint density at radius 2 is 2.28 bits per heavy atom. The van der Waals surface area contributed by atoms with E-state index in [4.69, 9.17) is 9.83 Å². The van der Waals surface area contributed by atoms with Gasteiger partial charge in [-0.2, -0.15) is 0 Å². The Morgan fingerprint density at radius 1 is 1.39 bits per heavy atom. The van der Waals surface area contributed by atoms with Crippen LogP contribution in [0.5, 0.6) is 0 Å². The summed E-state index contributed by atoms with van der Waals surface area (Å²) in [4.78, 5) is 0. The summed E-state index contributed by atoms with van der Waals surface area (Å²) in [6, 6.07) is 6.24. The van der Waals surface area contributed by atoms with Crippen LogP contribution < -0.4 is 0 Å². The molecule has 0 bridgehead atoms. The molecule has 18 heavy (non-hydrogen) atoms.